The highest BCUT2D eigenvalue weighted by Crippen LogP contribution is 2.51. The summed E-state index contributed by atoms with van der Waals surface area (Å²) >= 11 is 44.5. The summed E-state index contributed by atoms with van der Waals surface area (Å²) in [5.41, 5.74) is 19.0. The van der Waals surface area contributed by atoms with Crippen LogP contribution in [0.25, 0.3) is 244 Å². The Morgan fingerprint density at radius 3 is 0.819 bits per heavy atom. The second kappa shape index (κ2) is 29.5. The number of benzene rings is 20. The molecular weight excluding hydrogens is 2350 g/mol. The molecule has 0 amide bonds. The molecule has 30 rings (SSSR count). The van der Waals surface area contributed by atoms with Crippen molar-refractivity contribution in [3.8, 4) is 0 Å². The SMILES string of the molecule is Brc1cc2c3cccc4c(Br)ccc(c43)n3c4cc(Br)ccc4c(c1)c23.Brc1cc2c3cccc4c(Br)ccc(c43)n3c4ccccc4c(c1)c23.Brc1cc2cccc3c2c(c1)c1cc(Br)cc2c4ccccc4n3c12.Brc1ccc2c(c1)c1cc(Br)cc3c4ccc(Br)c5cccc(c54)n2c31.Brc1ccc2c(c1)c1cccc3c4ccc(Br)c5cccc(c54)n2c31. The topological polar surface area (TPSA) is 22.1 Å². The van der Waals surface area contributed by atoms with E-state index in [0.29, 0.717) is 0 Å². The van der Waals surface area contributed by atoms with Gasteiger partial charge in [0, 0.05) is 161 Å². The number of hydrogen-bond acceptors (Lipinski definition) is 0. The van der Waals surface area contributed by atoms with Crippen LogP contribution in [0.15, 0.2) is 375 Å². The van der Waals surface area contributed by atoms with E-state index >= 15 is 0 Å². The third-order valence-corrected chi connectivity index (χ3v) is 32.8. The van der Waals surface area contributed by atoms with Gasteiger partial charge in [-0.15, -0.1) is 0 Å². The number of fused-ring (bicyclic) bond motifs is 25. The van der Waals surface area contributed by atoms with Crippen molar-refractivity contribution < 1.29 is 0 Å². The molecule has 0 saturated heterocycles. The fourth-order valence-electron chi connectivity index (χ4n) is 21.4. The summed E-state index contributed by atoms with van der Waals surface area (Å²) in [4.78, 5) is 0. The zero-order valence-corrected chi connectivity index (χ0v) is 84.9. The van der Waals surface area contributed by atoms with Crippen LogP contribution in [0.3, 0.4) is 0 Å². The monoisotopic (exact) mass is 2390 g/mol. The molecule has 17 heteroatoms. The summed E-state index contributed by atoms with van der Waals surface area (Å²) < 4.78 is 25.5. The summed E-state index contributed by atoms with van der Waals surface area (Å²) in [6, 6.07) is 116. The van der Waals surface area contributed by atoms with E-state index in [2.05, 4.69) is 535 Å². The Kier molecular flexibility index (Phi) is 18.2. The van der Waals surface area contributed by atoms with E-state index in [1.807, 2.05) is 0 Å². The number of aromatic nitrogens is 5. The molecule has 127 heavy (non-hydrogen) atoms. The van der Waals surface area contributed by atoms with Crippen LogP contribution >= 0.6 is 191 Å². The average molecular weight is 2400 g/mol. The van der Waals surface area contributed by atoms with Gasteiger partial charge in [0.05, 0.1) is 82.8 Å². The average Bonchev–Trinajstić information content (AvgIpc) is 1.59. The number of rotatable bonds is 0. The molecule has 0 unspecified atom stereocenters. The molecule has 602 valence electrons. The Hall–Kier alpha value is -9.54. The minimum absolute atomic E-state index is 1.09. The Balaban J connectivity index is 0.0000000842. The normalized spacial score (nSPS) is 12.4. The molecular formula is C110H53Br12N5. The van der Waals surface area contributed by atoms with E-state index in [0.717, 1.165) is 53.7 Å². The maximum Gasteiger partial charge on any atom is 0.0620 e. The van der Waals surface area contributed by atoms with E-state index in [9.17, 15) is 0 Å². The molecule has 0 N–H and O–H groups in total. The highest BCUT2D eigenvalue weighted by Gasteiger charge is 2.26. The fraction of sp³-hybridized carbons (Fsp3) is 0. The predicted octanol–water partition coefficient (Wildman–Crippen LogP) is 39.1. The van der Waals surface area contributed by atoms with Crippen molar-refractivity contribution in [1.29, 1.82) is 0 Å². The first kappa shape index (κ1) is 78.5. The summed E-state index contributed by atoms with van der Waals surface area (Å²) in [6.07, 6.45) is 0. The summed E-state index contributed by atoms with van der Waals surface area (Å²) in [5, 5.41) is 38.6. The van der Waals surface area contributed by atoms with E-state index in [-0.39, 0.29) is 0 Å². The van der Waals surface area contributed by atoms with Gasteiger partial charge in [-0.3, -0.25) is 0 Å². The van der Waals surface area contributed by atoms with Crippen LogP contribution in [0.4, 0.5) is 0 Å². The minimum atomic E-state index is 1.09. The Morgan fingerprint density at radius 2 is 0.362 bits per heavy atom. The standard InChI is InChI=1S/2C22H10Br3N.3C22H11Br2N/c23-11-4-7-19-15(8-11)17-10-12(24)9-16-13-5-6-18(25)14-2-1-3-20(21(13)14)26(19)22(16)17;23-11-4-5-13-16-8-12(24)9-17-14-2-1-3-15-18(25)6-7-19(21(14)15)26(22(16)17)20(13)10-11;23-12-7-10-19-17(11-12)15-4-1-3-14-13-8-9-18(24)16-5-2-6-20(21(13)16)25(19)22(14)15;23-13-8-12-4-3-7-20-21(12)16(9-13)18-11-14(24)10-17-15-5-1-2-6-19(15)25(20)22(17)18;23-12-10-16-13-4-1-2-7-19(13)25-20-9-8-18(24)15-6-3-5-14(21(15)20)17(11-12)22(16)25/h2*1-10H;3*1-11H. The zero-order chi connectivity index (χ0) is 85.3. The van der Waals surface area contributed by atoms with Gasteiger partial charge < -0.3 is 22.0 Å². The van der Waals surface area contributed by atoms with Crippen LogP contribution < -0.4 is 0 Å². The summed E-state index contributed by atoms with van der Waals surface area (Å²) in [5.74, 6) is 0. The third-order valence-electron chi connectivity index (χ3n) is 26.2. The van der Waals surface area contributed by atoms with Gasteiger partial charge in [-0.2, -0.15) is 0 Å². The van der Waals surface area contributed by atoms with Gasteiger partial charge in [0.2, 0.25) is 0 Å². The van der Waals surface area contributed by atoms with Gasteiger partial charge in [-0.05, 0) is 230 Å². The lowest BCUT2D eigenvalue weighted by Crippen LogP contribution is -1.93. The quantitative estimate of drug-likeness (QED) is 0.107. The number of halogens is 12. The highest BCUT2D eigenvalue weighted by molar-refractivity contribution is 9.12. The summed E-state index contributed by atoms with van der Waals surface area (Å²) in [6.45, 7) is 0. The second-order valence-corrected chi connectivity index (χ2v) is 43.5. The van der Waals surface area contributed by atoms with Crippen LogP contribution in [0.1, 0.15) is 0 Å². The number of hydrogen-bond donors (Lipinski definition) is 0. The van der Waals surface area contributed by atoms with Crippen molar-refractivity contribution in [2.75, 3.05) is 0 Å². The van der Waals surface area contributed by atoms with Crippen LogP contribution in [0.2, 0.25) is 0 Å². The van der Waals surface area contributed by atoms with Gasteiger partial charge in [0.1, 0.15) is 0 Å². The largest absolute Gasteiger partial charge is 0.308 e. The Labute approximate surface area is 822 Å². The molecule has 0 spiro atoms. The van der Waals surface area contributed by atoms with Crippen LogP contribution in [-0.4, -0.2) is 22.0 Å². The molecule has 0 radical (unpaired) electrons. The van der Waals surface area contributed by atoms with Gasteiger partial charge in [-0.1, -0.05) is 337 Å². The maximum atomic E-state index is 3.74. The molecule has 0 aliphatic rings. The van der Waals surface area contributed by atoms with Crippen molar-refractivity contribution in [3.63, 3.8) is 0 Å². The summed E-state index contributed by atoms with van der Waals surface area (Å²) in [7, 11) is 0. The minimum Gasteiger partial charge on any atom is -0.308 e. The van der Waals surface area contributed by atoms with Gasteiger partial charge >= 0.3 is 0 Å². The number of pyridine rings is 5. The molecule has 5 nitrogen and oxygen atoms in total. The Morgan fingerprint density at radius 1 is 0.126 bits per heavy atom. The van der Waals surface area contributed by atoms with Gasteiger partial charge in [0.15, 0.2) is 0 Å². The van der Waals surface area contributed by atoms with E-state index in [1.165, 1.54) is 244 Å². The van der Waals surface area contributed by atoms with Crippen molar-refractivity contribution in [2.45, 2.75) is 0 Å². The predicted molar refractivity (Wildman–Crippen MR) is 585 cm³/mol. The van der Waals surface area contributed by atoms with Crippen molar-refractivity contribution in [2.24, 2.45) is 0 Å². The lowest BCUT2D eigenvalue weighted by molar-refractivity contribution is 1.35. The molecule has 0 aliphatic heterocycles. The second-order valence-electron chi connectivity index (χ2n) is 32.8. The van der Waals surface area contributed by atoms with Crippen molar-refractivity contribution >= 4 is 435 Å². The molecule has 0 saturated carbocycles. The maximum absolute atomic E-state index is 3.74. The van der Waals surface area contributed by atoms with Crippen LogP contribution in [0.5, 0.6) is 0 Å². The first-order valence-electron chi connectivity index (χ1n) is 41.1. The molecule has 30 aromatic rings. The lowest BCUT2D eigenvalue weighted by Gasteiger charge is -2.14. The smallest absolute Gasteiger partial charge is 0.0620 e. The van der Waals surface area contributed by atoms with Crippen molar-refractivity contribution in [1.82, 2.24) is 22.0 Å². The Bertz CT molecular complexity index is 10000. The van der Waals surface area contributed by atoms with Crippen molar-refractivity contribution in [3.05, 3.63) is 375 Å². The van der Waals surface area contributed by atoms with Crippen LogP contribution in [0, 0.1) is 0 Å². The first-order chi connectivity index (χ1) is 62.0. The first-order valence-corrected chi connectivity index (χ1v) is 50.6. The van der Waals surface area contributed by atoms with Gasteiger partial charge in [0.25, 0.3) is 0 Å². The van der Waals surface area contributed by atoms with Gasteiger partial charge in [-0.25, -0.2) is 0 Å². The lowest BCUT2D eigenvalue weighted by atomic mass is 9.99. The molecule has 0 atom stereocenters. The fourth-order valence-corrected chi connectivity index (χ4v) is 26.7. The number of para-hydroxylation sites is 3. The molecule has 0 aliphatic carbocycles. The van der Waals surface area contributed by atoms with E-state index in [1.54, 1.807) is 0 Å². The molecule has 10 heterocycles. The molecule has 0 fully saturated rings. The van der Waals surface area contributed by atoms with E-state index in [4.69, 9.17) is 0 Å². The zero-order valence-electron chi connectivity index (χ0n) is 65.9. The molecule has 10 aromatic heterocycles. The van der Waals surface area contributed by atoms with E-state index < -0.39 is 0 Å². The third kappa shape index (κ3) is 11.5. The van der Waals surface area contributed by atoms with Crippen LogP contribution in [-0.2, 0) is 0 Å². The highest BCUT2D eigenvalue weighted by atomic mass is 79.9. The molecule has 20 aromatic carbocycles. The molecule has 0 bridgehead atoms. The number of nitrogens with zero attached hydrogens (tertiary/aromatic N) is 5.